The highest BCUT2D eigenvalue weighted by Crippen LogP contribution is 2.37. The molecule has 3 rings (SSSR count). The molecule has 0 saturated heterocycles. The number of nitrogen functional groups attached to an aromatic ring is 1. The van der Waals surface area contributed by atoms with Gasteiger partial charge in [-0.3, -0.25) is 0 Å². The lowest BCUT2D eigenvalue weighted by Gasteiger charge is -2.13. The summed E-state index contributed by atoms with van der Waals surface area (Å²) in [5, 5.41) is 0. The van der Waals surface area contributed by atoms with Gasteiger partial charge in [0.25, 0.3) is 0 Å². The Bertz CT molecular complexity index is 394. The van der Waals surface area contributed by atoms with Gasteiger partial charge in [0, 0.05) is 5.69 Å². The second kappa shape index (κ2) is 6.63. The smallest absolute Gasteiger partial charge is 0.0349 e. The second-order valence-corrected chi connectivity index (χ2v) is 5.52. The fraction of sp³-hybridized carbons (Fsp3) is 0.529. The third-order valence-electron chi connectivity index (χ3n) is 3.95. The molecule has 2 aliphatic carbocycles. The summed E-state index contributed by atoms with van der Waals surface area (Å²) in [6.07, 6.45) is 13.9. The Morgan fingerprint density at radius 3 is 2.22 bits per heavy atom. The van der Waals surface area contributed by atoms with E-state index in [0.29, 0.717) is 0 Å². The van der Waals surface area contributed by atoms with Crippen molar-refractivity contribution in [3.8, 4) is 0 Å². The molecule has 1 saturated carbocycles. The number of anilines is 1. The summed E-state index contributed by atoms with van der Waals surface area (Å²) in [6.45, 7) is 2.14. The standard InChI is InChI=1S/C12H17N.C5H8/c1-9-6-7-12(13)11(8-9)10-4-2-3-5-10;1-2-4-5-3-1/h6-8,10H,2-5,13H2,1H3;1-2H,3-5H2. The largest absolute Gasteiger partial charge is 0.398 e. The van der Waals surface area contributed by atoms with E-state index in [-0.39, 0.29) is 0 Å². The second-order valence-electron chi connectivity index (χ2n) is 5.52. The van der Waals surface area contributed by atoms with E-state index in [1.54, 1.807) is 0 Å². The molecule has 0 aromatic heterocycles. The number of hydrogen-bond acceptors (Lipinski definition) is 1. The van der Waals surface area contributed by atoms with Crippen LogP contribution in [-0.4, -0.2) is 0 Å². The van der Waals surface area contributed by atoms with E-state index in [9.17, 15) is 0 Å². The van der Waals surface area contributed by atoms with Crippen molar-refractivity contribution in [1.82, 2.24) is 0 Å². The Morgan fingerprint density at radius 1 is 1.00 bits per heavy atom. The zero-order valence-corrected chi connectivity index (χ0v) is 11.5. The van der Waals surface area contributed by atoms with E-state index in [4.69, 9.17) is 5.73 Å². The van der Waals surface area contributed by atoms with Crippen molar-refractivity contribution in [3.63, 3.8) is 0 Å². The maximum atomic E-state index is 5.97. The van der Waals surface area contributed by atoms with Gasteiger partial charge in [0.05, 0.1) is 0 Å². The number of allylic oxidation sites excluding steroid dienone is 2. The normalized spacial score (nSPS) is 18.7. The van der Waals surface area contributed by atoms with Gasteiger partial charge in [-0.15, -0.1) is 0 Å². The summed E-state index contributed by atoms with van der Waals surface area (Å²) in [7, 11) is 0. The first-order chi connectivity index (χ1) is 8.77. The van der Waals surface area contributed by atoms with Gasteiger partial charge >= 0.3 is 0 Å². The maximum absolute atomic E-state index is 5.97. The van der Waals surface area contributed by atoms with Crippen LogP contribution in [-0.2, 0) is 0 Å². The third-order valence-corrected chi connectivity index (χ3v) is 3.95. The molecule has 98 valence electrons. The van der Waals surface area contributed by atoms with Crippen LogP contribution in [0.4, 0.5) is 5.69 Å². The number of benzene rings is 1. The molecule has 1 fully saturated rings. The first-order valence-corrected chi connectivity index (χ1v) is 7.28. The third kappa shape index (κ3) is 3.63. The molecule has 0 spiro atoms. The van der Waals surface area contributed by atoms with E-state index >= 15 is 0 Å². The van der Waals surface area contributed by atoms with Crippen molar-refractivity contribution >= 4 is 5.69 Å². The zero-order chi connectivity index (χ0) is 12.8. The lowest BCUT2D eigenvalue weighted by molar-refractivity contribution is 0.725. The molecule has 2 N–H and O–H groups in total. The fourth-order valence-corrected chi connectivity index (χ4v) is 2.87. The van der Waals surface area contributed by atoms with Gasteiger partial charge in [-0.05, 0) is 56.6 Å². The van der Waals surface area contributed by atoms with Crippen molar-refractivity contribution < 1.29 is 0 Å². The molecule has 1 heteroatoms. The van der Waals surface area contributed by atoms with Crippen molar-refractivity contribution in [2.24, 2.45) is 0 Å². The predicted molar refractivity (Wildman–Crippen MR) is 79.8 cm³/mol. The fourth-order valence-electron chi connectivity index (χ4n) is 2.87. The summed E-state index contributed by atoms with van der Waals surface area (Å²) >= 11 is 0. The quantitative estimate of drug-likeness (QED) is 0.547. The van der Waals surface area contributed by atoms with E-state index in [1.165, 1.54) is 56.1 Å². The van der Waals surface area contributed by atoms with E-state index in [0.717, 1.165) is 11.6 Å². The first-order valence-electron chi connectivity index (χ1n) is 7.28. The monoisotopic (exact) mass is 243 g/mol. The molecule has 1 nitrogen and oxygen atoms in total. The molecule has 0 aliphatic heterocycles. The average Bonchev–Trinajstić information content (AvgIpc) is 3.07. The Labute approximate surface area is 111 Å². The van der Waals surface area contributed by atoms with Gasteiger partial charge in [0.1, 0.15) is 0 Å². The predicted octanol–water partition coefficient (Wildman–Crippen LogP) is 4.96. The first kappa shape index (κ1) is 13.2. The highest BCUT2D eigenvalue weighted by atomic mass is 14.6. The highest BCUT2D eigenvalue weighted by Gasteiger charge is 2.18. The van der Waals surface area contributed by atoms with Crippen molar-refractivity contribution in [1.29, 1.82) is 0 Å². The summed E-state index contributed by atoms with van der Waals surface area (Å²) in [4.78, 5) is 0. The van der Waals surface area contributed by atoms with Gasteiger partial charge in [0.2, 0.25) is 0 Å². The van der Waals surface area contributed by atoms with Crippen LogP contribution in [0.2, 0.25) is 0 Å². The Hall–Kier alpha value is -1.24. The van der Waals surface area contributed by atoms with Crippen LogP contribution >= 0.6 is 0 Å². The van der Waals surface area contributed by atoms with Gasteiger partial charge in [-0.1, -0.05) is 42.7 Å². The Kier molecular flexibility index (Phi) is 4.86. The molecular formula is C17H25N. The minimum atomic E-state index is 0.736. The van der Waals surface area contributed by atoms with Crippen LogP contribution in [0.3, 0.4) is 0 Å². The van der Waals surface area contributed by atoms with Gasteiger partial charge in [0.15, 0.2) is 0 Å². The van der Waals surface area contributed by atoms with Crippen molar-refractivity contribution in [2.75, 3.05) is 5.73 Å². The van der Waals surface area contributed by atoms with Gasteiger partial charge in [-0.25, -0.2) is 0 Å². The molecule has 18 heavy (non-hydrogen) atoms. The Morgan fingerprint density at radius 2 is 1.67 bits per heavy atom. The topological polar surface area (TPSA) is 26.0 Å². The number of rotatable bonds is 1. The lowest BCUT2D eigenvalue weighted by atomic mass is 9.94. The average molecular weight is 243 g/mol. The number of hydrogen-bond donors (Lipinski definition) is 1. The summed E-state index contributed by atoms with van der Waals surface area (Å²) in [5.74, 6) is 0.736. The number of nitrogens with two attached hydrogens (primary N) is 1. The van der Waals surface area contributed by atoms with E-state index in [2.05, 4.69) is 31.2 Å². The minimum Gasteiger partial charge on any atom is -0.398 e. The SMILES string of the molecule is C1=CCCC1.Cc1ccc(N)c(C2CCCC2)c1. The minimum absolute atomic E-state index is 0.736. The molecule has 2 aliphatic rings. The Balaban J connectivity index is 0.000000202. The van der Waals surface area contributed by atoms with Gasteiger partial charge < -0.3 is 5.73 Å². The lowest BCUT2D eigenvalue weighted by Crippen LogP contribution is -1.99. The molecule has 1 aromatic rings. The van der Waals surface area contributed by atoms with Crippen LogP contribution < -0.4 is 5.73 Å². The summed E-state index contributed by atoms with van der Waals surface area (Å²) in [6, 6.07) is 6.39. The van der Waals surface area contributed by atoms with Gasteiger partial charge in [-0.2, -0.15) is 0 Å². The summed E-state index contributed by atoms with van der Waals surface area (Å²) in [5.41, 5.74) is 9.67. The molecular weight excluding hydrogens is 218 g/mol. The van der Waals surface area contributed by atoms with Crippen molar-refractivity contribution in [2.45, 2.75) is 57.8 Å². The maximum Gasteiger partial charge on any atom is 0.0349 e. The molecule has 0 radical (unpaired) electrons. The molecule has 1 aromatic carbocycles. The van der Waals surface area contributed by atoms with Crippen LogP contribution in [0.25, 0.3) is 0 Å². The van der Waals surface area contributed by atoms with Crippen LogP contribution in [0, 0.1) is 6.92 Å². The molecule has 0 unspecified atom stereocenters. The van der Waals surface area contributed by atoms with E-state index in [1.807, 2.05) is 6.07 Å². The van der Waals surface area contributed by atoms with Crippen LogP contribution in [0.15, 0.2) is 30.4 Å². The number of aryl methyl sites for hydroxylation is 1. The molecule has 0 bridgehead atoms. The zero-order valence-electron chi connectivity index (χ0n) is 11.5. The van der Waals surface area contributed by atoms with E-state index < -0.39 is 0 Å². The van der Waals surface area contributed by atoms with Crippen LogP contribution in [0.1, 0.15) is 62.0 Å². The van der Waals surface area contributed by atoms with Crippen molar-refractivity contribution in [3.05, 3.63) is 41.5 Å². The van der Waals surface area contributed by atoms with Crippen LogP contribution in [0.5, 0.6) is 0 Å². The molecule has 0 heterocycles. The highest BCUT2D eigenvalue weighted by molar-refractivity contribution is 5.50. The summed E-state index contributed by atoms with van der Waals surface area (Å²) < 4.78 is 0. The molecule has 0 atom stereocenters. The molecule has 0 amide bonds.